The number of hydrogen-bond acceptors (Lipinski definition) is 7. The number of benzene rings is 3. The molecule has 5 aromatic rings. The van der Waals surface area contributed by atoms with Crippen LogP contribution in [0.4, 0.5) is 0 Å². The molecule has 0 aliphatic rings. The second-order valence-electron chi connectivity index (χ2n) is 8.15. The summed E-state index contributed by atoms with van der Waals surface area (Å²) in [5, 5.41) is 18.0. The Labute approximate surface area is 208 Å². The zero-order valence-corrected chi connectivity index (χ0v) is 20.6. The minimum atomic E-state index is -0.126. The summed E-state index contributed by atoms with van der Waals surface area (Å²) in [6.45, 7) is 6.40. The van der Waals surface area contributed by atoms with Gasteiger partial charge in [0.1, 0.15) is 12.4 Å². The molecule has 0 fully saturated rings. The van der Waals surface area contributed by atoms with E-state index in [0.717, 1.165) is 33.3 Å². The molecular formula is C27H25N5O2S. The second kappa shape index (κ2) is 10.1. The lowest BCUT2D eigenvalue weighted by atomic mass is 10.1. The summed E-state index contributed by atoms with van der Waals surface area (Å²) in [5.74, 6) is 2.62. The highest BCUT2D eigenvalue weighted by atomic mass is 32.2. The van der Waals surface area contributed by atoms with Crippen LogP contribution in [-0.2, 0) is 6.61 Å². The Bertz CT molecular complexity index is 1400. The topological polar surface area (TPSA) is 78.9 Å². The number of aryl methyl sites for hydroxylation is 2. The van der Waals surface area contributed by atoms with Crippen LogP contribution in [-0.4, -0.2) is 25.0 Å². The molecular weight excluding hydrogens is 458 g/mol. The van der Waals surface area contributed by atoms with Crippen LogP contribution in [0.1, 0.15) is 35.0 Å². The van der Waals surface area contributed by atoms with Crippen molar-refractivity contribution in [1.82, 2.24) is 25.0 Å². The molecule has 1 atom stereocenters. The fourth-order valence-electron chi connectivity index (χ4n) is 3.77. The molecule has 176 valence electrons. The van der Waals surface area contributed by atoms with Crippen LogP contribution in [0, 0.1) is 13.8 Å². The van der Waals surface area contributed by atoms with E-state index in [1.165, 1.54) is 11.8 Å². The van der Waals surface area contributed by atoms with Crippen molar-refractivity contribution in [3.8, 4) is 22.9 Å². The minimum Gasteiger partial charge on any atom is -0.485 e. The first-order valence-corrected chi connectivity index (χ1v) is 12.2. The third-order valence-corrected chi connectivity index (χ3v) is 6.59. The van der Waals surface area contributed by atoms with Crippen LogP contribution in [0.25, 0.3) is 17.1 Å². The molecule has 3 aromatic carbocycles. The first kappa shape index (κ1) is 22.9. The van der Waals surface area contributed by atoms with Gasteiger partial charge in [0.05, 0.1) is 5.25 Å². The molecule has 0 spiro atoms. The van der Waals surface area contributed by atoms with Crippen molar-refractivity contribution in [2.45, 2.75) is 37.8 Å². The van der Waals surface area contributed by atoms with Crippen LogP contribution in [0.3, 0.4) is 0 Å². The summed E-state index contributed by atoms with van der Waals surface area (Å²) in [4.78, 5) is 0. The van der Waals surface area contributed by atoms with E-state index in [1.807, 2.05) is 104 Å². The Morgan fingerprint density at radius 3 is 2.23 bits per heavy atom. The van der Waals surface area contributed by atoms with Crippen molar-refractivity contribution in [2.24, 2.45) is 0 Å². The van der Waals surface area contributed by atoms with E-state index in [1.54, 1.807) is 0 Å². The monoisotopic (exact) mass is 483 g/mol. The Morgan fingerprint density at radius 2 is 1.51 bits per heavy atom. The minimum absolute atomic E-state index is 0.126. The van der Waals surface area contributed by atoms with Gasteiger partial charge in [-0.15, -0.1) is 20.4 Å². The lowest BCUT2D eigenvalue weighted by Gasteiger charge is -2.14. The molecule has 0 aliphatic carbocycles. The predicted molar refractivity (Wildman–Crippen MR) is 136 cm³/mol. The Hall–Kier alpha value is -3.91. The number of thioether (sulfide) groups is 1. The molecule has 1 unspecified atom stereocenters. The van der Waals surface area contributed by atoms with Gasteiger partial charge < -0.3 is 9.15 Å². The van der Waals surface area contributed by atoms with Gasteiger partial charge in [0.15, 0.2) is 11.0 Å². The maximum absolute atomic E-state index is 6.20. The van der Waals surface area contributed by atoms with Crippen molar-refractivity contribution in [3.63, 3.8) is 0 Å². The number of rotatable bonds is 8. The molecule has 0 radical (unpaired) electrons. The molecule has 7 nitrogen and oxygen atoms in total. The molecule has 0 N–H and O–H groups in total. The van der Waals surface area contributed by atoms with Gasteiger partial charge in [-0.1, -0.05) is 66.4 Å². The van der Waals surface area contributed by atoms with E-state index in [0.29, 0.717) is 24.2 Å². The average Bonchev–Trinajstić information content (AvgIpc) is 3.53. The standard InChI is InChI=1S/C27H25N5O2S/c1-18-11-10-12-19(2)24(18)33-17-23-28-31-27(32(23)22-15-8-5-9-16-22)35-20(3)25-29-30-26(34-25)21-13-6-4-7-14-21/h4-16,20H,17H2,1-3H3. The van der Waals surface area contributed by atoms with E-state index in [-0.39, 0.29) is 5.25 Å². The van der Waals surface area contributed by atoms with Gasteiger partial charge in [0.2, 0.25) is 11.8 Å². The summed E-state index contributed by atoms with van der Waals surface area (Å²) < 4.78 is 14.2. The van der Waals surface area contributed by atoms with Crippen molar-refractivity contribution in [2.75, 3.05) is 0 Å². The highest BCUT2D eigenvalue weighted by Crippen LogP contribution is 2.36. The van der Waals surface area contributed by atoms with E-state index < -0.39 is 0 Å². The molecule has 0 bridgehead atoms. The van der Waals surface area contributed by atoms with E-state index >= 15 is 0 Å². The van der Waals surface area contributed by atoms with Gasteiger partial charge in [-0.2, -0.15) is 0 Å². The molecule has 5 rings (SSSR count). The molecule has 35 heavy (non-hydrogen) atoms. The molecule has 0 amide bonds. The fourth-order valence-corrected chi connectivity index (χ4v) is 4.69. The summed E-state index contributed by atoms with van der Waals surface area (Å²) >= 11 is 1.51. The normalized spacial score (nSPS) is 12.0. The first-order valence-electron chi connectivity index (χ1n) is 11.3. The summed E-state index contributed by atoms with van der Waals surface area (Å²) in [6, 6.07) is 25.9. The summed E-state index contributed by atoms with van der Waals surface area (Å²) in [5.41, 5.74) is 4.03. The van der Waals surface area contributed by atoms with Crippen LogP contribution < -0.4 is 4.74 Å². The van der Waals surface area contributed by atoms with Crippen LogP contribution in [0.2, 0.25) is 0 Å². The van der Waals surface area contributed by atoms with Gasteiger partial charge in [0, 0.05) is 11.3 Å². The zero-order chi connectivity index (χ0) is 24.2. The fraction of sp³-hybridized carbons (Fsp3) is 0.185. The number of nitrogens with zero attached hydrogens (tertiary/aromatic N) is 5. The quantitative estimate of drug-likeness (QED) is 0.237. The second-order valence-corrected chi connectivity index (χ2v) is 9.46. The van der Waals surface area contributed by atoms with Crippen LogP contribution in [0.5, 0.6) is 5.75 Å². The molecule has 0 aliphatic heterocycles. The predicted octanol–water partition coefficient (Wildman–Crippen LogP) is 6.37. The zero-order valence-electron chi connectivity index (χ0n) is 19.8. The van der Waals surface area contributed by atoms with E-state index in [4.69, 9.17) is 9.15 Å². The highest BCUT2D eigenvalue weighted by Gasteiger charge is 2.22. The van der Waals surface area contributed by atoms with Gasteiger partial charge in [-0.3, -0.25) is 4.57 Å². The maximum atomic E-state index is 6.20. The number of aromatic nitrogens is 5. The van der Waals surface area contributed by atoms with Crippen molar-refractivity contribution in [3.05, 3.63) is 102 Å². The number of ether oxygens (including phenoxy) is 1. The van der Waals surface area contributed by atoms with Gasteiger partial charge in [-0.25, -0.2) is 0 Å². The maximum Gasteiger partial charge on any atom is 0.247 e. The van der Waals surface area contributed by atoms with Crippen molar-refractivity contribution in [1.29, 1.82) is 0 Å². The van der Waals surface area contributed by atoms with Gasteiger partial charge >= 0.3 is 0 Å². The summed E-state index contributed by atoms with van der Waals surface area (Å²) in [7, 11) is 0. The van der Waals surface area contributed by atoms with Crippen molar-refractivity contribution < 1.29 is 9.15 Å². The lowest BCUT2D eigenvalue weighted by molar-refractivity contribution is 0.289. The van der Waals surface area contributed by atoms with Gasteiger partial charge in [-0.05, 0) is 56.2 Å². The number of hydrogen-bond donors (Lipinski definition) is 0. The SMILES string of the molecule is Cc1cccc(C)c1OCc1nnc(SC(C)c2nnc(-c3ccccc3)o2)n1-c1ccccc1. The third kappa shape index (κ3) is 4.97. The van der Waals surface area contributed by atoms with E-state index in [2.05, 4.69) is 20.4 Å². The van der Waals surface area contributed by atoms with Crippen LogP contribution in [0.15, 0.2) is 88.4 Å². The molecule has 0 saturated heterocycles. The summed E-state index contributed by atoms with van der Waals surface area (Å²) in [6.07, 6.45) is 0. The molecule has 0 saturated carbocycles. The Morgan fingerprint density at radius 1 is 0.829 bits per heavy atom. The van der Waals surface area contributed by atoms with Crippen LogP contribution >= 0.6 is 11.8 Å². The average molecular weight is 484 g/mol. The smallest absolute Gasteiger partial charge is 0.247 e. The lowest BCUT2D eigenvalue weighted by Crippen LogP contribution is -2.08. The largest absolute Gasteiger partial charge is 0.485 e. The van der Waals surface area contributed by atoms with E-state index in [9.17, 15) is 0 Å². The molecule has 2 aromatic heterocycles. The first-order chi connectivity index (χ1) is 17.1. The molecule has 2 heterocycles. The highest BCUT2D eigenvalue weighted by molar-refractivity contribution is 7.99. The Balaban J connectivity index is 1.41. The number of para-hydroxylation sites is 2. The van der Waals surface area contributed by atoms with Gasteiger partial charge in [0.25, 0.3) is 0 Å². The molecule has 8 heteroatoms. The van der Waals surface area contributed by atoms with Crippen molar-refractivity contribution >= 4 is 11.8 Å². The Kier molecular flexibility index (Phi) is 6.63. The third-order valence-electron chi connectivity index (χ3n) is 5.56.